The van der Waals surface area contributed by atoms with Crippen molar-refractivity contribution in [1.82, 2.24) is 10.3 Å². The van der Waals surface area contributed by atoms with E-state index in [-0.39, 0.29) is 23.5 Å². The summed E-state index contributed by atoms with van der Waals surface area (Å²) in [6, 6.07) is 9.63. The van der Waals surface area contributed by atoms with E-state index in [2.05, 4.69) is 15.6 Å². The van der Waals surface area contributed by atoms with E-state index in [9.17, 15) is 9.59 Å². The van der Waals surface area contributed by atoms with Crippen LogP contribution < -0.4 is 16.2 Å². The molecule has 136 valence electrons. The second-order valence-corrected chi connectivity index (χ2v) is 6.16. The number of aryl methyl sites for hydroxylation is 1. The number of rotatable bonds is 7. The Morgan fingerprint density at radius 3 is 2.69 bits per heavy atom. The summed E-state index contributed by atoms with van der Waals surface area (Å²) in [6.07, 6.45) is 0.735. The van der Waals surface area contributed by atoms with Crippen LogP contribution in [0.25, 0.3) is 0 Å². The third kappa shape index (κ3) is 4.58. The summed E-state index contributed by atoms with van der Waals surface area (Å²) in [7, 11) is 0. The molecule has 0 radical (unpaired) electrons. The molecular formula is C20H24N4O2. The number of carbonyl (C=O) groups is 1. The smallest absolute Gasteiger partial charge is 0.266 e. The van der Waals surface area contributed by atoms with Gasteiger partial charge in [-0.1, -0.05) is 25.1 Å². The van der Waals surface area contributed by atoms with Gasteiger partial charge in [0.25, 0.3) is 5.56 Å². The van der Waals surface area contributed by atoms with Crippen LogP contribution in [0.3, 0.4) is 0 Å². The van der Waals surface area contributed by atoms with Crippen LogP contribution in [0.5, 0.6) is 0 Å². The molecule has 1 heterocycles. The maximum absolute atomic E-state index is 12.4. The number of aromatic nitrogens is 1. The number of aromatic amines is 1. The fourth-order valence-corrected chi connectivity index (χ4v) is 2.93. The van der Waals surface area contributed by atoms with Gasteiger partial charge in [-0.25, -0.2) is 0 Å². The van der Waals surface area contributed by atoms with E-state index in [0.717, 1.165) is 23.4 Å². The van der Waals surface area contributed by atoms with E-state index in [1.165, 1.54) is 0 Å². The molecule has 1 aromatic heterocycles. The largest absolute Gasteiger partial charge is 0.326 e. The van der Waals surface area contributed by atoms with Gasteiger partial charge in [0.1, 0.15) is 11.6 Å². The third-order valence-corrected chi connectivity index (χ3v) is 4.38. The number of amides is 1. The van der Waals surface area contributed by atoms with E-state index in [0.29, 0.717) is 24.2 Å². The van der Waals surface area contributed by atoms with Crippen LogP contribution >= 0.6 is 0 Å². The van der Waals surface area contributed by atoms with Crippen molar-refractivity contribution < 1.29 is 4.79 Å². The van der Waals surface area contributed by atoms with Crippen LogP contribution in [-0.2, 0) is 17.8 Å². The number of hydrogen-bond acceptors (Lipinski definition) is 4. The summed E-state index contributed by atoms with van der Waals surface area (Å²) in [5.74, 6) is -0.0996. The first kappa shape index (κ1) is 19.4. The molecule has 0 saturated heterocycles. The molecule has 1 amide bonds. The Kier molecular flexibility index (Phi) is 6.70. The zero-order chi connectivity index (χ0) is 19.1. The van der Waals surface area contributed by atoms with Crippen LogP contribution in [-0.4, -0.2) is 17.4 Å². The lowest BCUT2D eigenvalue weighted by atomic mass is 9.99. The molecule has 0 aliphatic rings. The van der Waals surface area contributed by atoms with Crippen molar-refractivity contribution in [2.45, 2.75) is 40.2 Å². The number of hydrogen-bond donors (Lipinski definition) is 3. The SMILES string of the molecule is CCNCc1ccccc1NC(=O)CCc1c(C)[nH]c(=O)c(C#N)c1C. The van der Waals surface area contributed by atoms with Gasteiger partial charge in [0.05, 0.1) is 0 Å². The predicted octanol–water partition coefficient (Wildman–Crippen LogP) is 2.54. The molecule has 0 unspecified atom stereocenters. The highest BCUT2D eigenvalue weighted by atomic mass is 16.1. The van der Waals surface area contributed by atoms with Crippen molar-refractivity contribution >= 4 is 11.6 Å². The molecule has 0 atom stereocenters. The summed E-state index contributed by atoms with van der Waals surface area (Å²) in [5.41, 5.74) is 3.75. The zero-order valence-electron chi connectivity index (χ0n) is 15.4. The van der Waals surface area contributed by atoms with Gasteiger partial charge < -0.3 is 15.6 Å². The number of para-hydroxylation sites is 1. The molecule has 1 aromatic carbocycles. The zero-order valence-corrected chi connectivity index (χ0v) is 15.4. The minimum atomic E-state index is -0.381. The minimum absolute atomic E-state index is 0.0996. The molecule has 26 heavy (non-hydrogen) atoms. The van der Waals surface area contributed by atoms with Crippen molar-refractivity contribution in [2.75, 3.05) is 11.9 Å². The Labute approximate surface area is 153 Å². The number of nitrogens with zero attached hydrogens (tertiary/aromatic N) is 1. The van der Waals surface area contributed by atoms with E-state index >= 15 is 0 Å². The van der Waals surface area contributed by atoms with E-state index in [1.807, 2.05) is 37.3 Å². The summed E-state index contributed by atoms with van der Waals surface area (Å²) in [5, 5.41) is 15.3. The Morgan fingerprint density at radius 2 is 2.00 bits per heavy atom. The summed E-state index contributed by atoms with van der Waals surface area (Å²) >= 11 is 0. The van der Waals surface area contributed by atoms with Gasteiger partial charge in [-0.05, 0) is 49.6 Å². The van der Waals surface area contributed by atoms with Gasteiger partial charge in [-0.2, -0.15) is 5.26 Å². The van der Waals surface area contributed by atoms with Crippen LogP contribution in [0, 0.1) is 25.2 Å². The summed E-state index contributed by atoms with van der Waals surface area (Å²) in [6.45, 7) is 7.12. The van der Waals surface area contributed by atoms with Crippen LogP contribution in [0.15, 0.2) is 29.1 Å². The second-order valence-electron chi connectivity index (χ2n) is 6.16. The number of nitriles is 1. The van der Waals surface area contributed by atoms with Gasteiger partial charge >= 0.3 is 0 Å². The average molecular weight is 352 g/mol. The number of H-pyrrole nitrogens is 1. The number of carbonyl (C=O) groups excluding carboxylic acids is 1. The van der Waals surface area contributed by atoms with Crippen molar-refractivity contribution in [3.63, 3.8) is 0 Å². The molecule has 0 bridgehead atoms. The Balaban J connectivity index is 2.09. The fourth-order valence-electron chi connectivity index (χ4n) is 2.93. The molecule has 3 N–H and O–H groups in total. The van der Waals surface area contributed by atoms with E-state index in [4.69, 9.17) is 5.26 Å². The molecular weight excluding hydrogens is 328 g/mol. The van der Waals surface area contributed by atoms with Gasteiger partial charge in [-0.15, -0.1) is 0 Å². The summed E-state index contributed by atoms with van der Waals surface area (Å²) < 4.78 is 0. The molecule has 2 aromatic rings. The topological polar surface area (TPSA) is 97.8 Å². The molecule has 0 aliphatic heterocycles. The van der Waals surface area contributed by atoms with Crippen LogP contribution in [0.4, 0.5) is 5.69 Å². The van der Waals surface area contributed by atoms with Gasteiger partial charge in [0.15, 0.2) is 0 Å². The van der Waals surface area contributed by atoms with Crippen molar-refractivity contribution in [3.05, 3.63) is 62.6 Å². The standard InChI is InChI=1S/C20H24N4O2/c1-4-22-12-15-7-5-6-8-18(15)24-19(25)10-9-16-13(2)17(11-21)20(26)23-14(16)3/h5-8,22H,4,9-10,12H2,1-3H3,(H,23,26)(H,24,25). The third-order valence-electron chi connectivity index (χ3n) is 4.38. The van der Waals surface area contributed by atoms with Gasteiger partial charge in [0, 0.05) is 24.3 Å². The van der Waals surface area contributed by atoms with Gasteiger partial charge in [0.2, 0.25) is 5.91 Å². The normalized spacial score (nSPS) is 10.4. The first-order valence-electron chi connectivity index (χ1n) is 8.68. The molecule has 2 rings (SSSR count). The molecule has 0 aliphatic carbocycles. The van der Waals surface area contributed by atoms with E-state index in [1.54, 1.807) is 13.8 Å². The monoisotopic (exact) mass is 352 g/mol. The number of nitrogens with one attached hydrogen (secondary N) is 3. The van der Waals surface area contributed by atoms with Crippen molar-refractivity contribution in [2.24, 2.45) is 0 Å². The highest BCUT2D eigenvalue weighted by molar-refractivity contribution is 5.91. The molecule has 0 fully saturated rings. The Morgan fingerprint density at radius 1 is 1.27 bits per heavy atom. The van der Waals surface area contributed by atoms with Crippen LogP contribution in [0.1, 0.15) is 41.3 Å². The highest BCUT2D eigenvalue weighted by Crippen LogP contribution is 2.17. The Hall–Kier alpha value is -2.91. The van der Waals surface area contributed by atoms with Crippen molar-refractivity contribution in [3.8, 4) is 6.07 Å². The van der Waals surface area contributed by atoms with Crippen LogP contribution in [0.2, 0.25) is 0 Å². The average Bonchev–Trinajstić information content (AvgIpc) is 2.61. The first-order valence-corrected chi connectivity index (χ1v) is 8.68. The maximum atomic E-state index is 12.4. The number of benzene rings is 1. The fraction of sp³-hybridized carbons (Fsp3) is 0.350. The lowest BCUT2D eigenvalue weighted by Crippen LogP contribution is -2.19. The quantitative estimate of drug-likeness (QED) is 0.713. The van der Waals surface area contributed by atoms with Crippen molar-refractivity contribution in [1.29, 1.82) is 5.26 Å². The number of anilines is 1. The molecule has 6 heteroatoms. The molecule has 6 nitrogen and oxygen atoms in total. The number of pyridine rings is 1. The predicted molar refractivity (Wildman–Crippen MR) is 102 cm³/mol. The molecule has 0 saturated carbocycles. The Bertz CT molecular complexity index is 894. The minimum Gasteiger partial charge on any atom is -0.326 e. The second kappa shape index (κ2) is 8.97. The maximum Gasteiger partial charge on any atom is 0.266 e. The molecule has 0 spiro atoms. The van der Waals surface area contributed by atoms with Gasteiger partial charge in [-0.3, -0.25) is 9.59 Å². The summed E-state index contributed by atoms with van der Waals surface area (Å²) in [4.78, 5) is 26.9. The first-order chi connectivity index (χ1) is 12.5. The lowest BCUT2D eigenvalue weighted by Gasteiger charge is -2.13. The lowest BCUT2D eigenvalue weighted by molar-refractivity contribution is -0.116. The van der Waals surface area contributed by atoms with E-state index < -0.39 is 0 Å². The highest BCUT2D eigenvalue weighted by Gasteiger charge is 2.14.